The molecule has 28 heavy (non-hydrogen) atoms. The molecule has 1 aromatic carbocycles. The fourth-order valence-corrected chi connectivity index (χ4v) is 3.56. The largest absolute Gasteiger partial charge is 0.367 e. The van der Waals surface area contributed by atoms with E-state index in [9.17, 15) is 9.59 Å². The zero-order valence-electron chi connectivity index (χ0n) is 15.9. The lowest BCUT2D eigenvalue weighted by Gasteiger charge is -2.36. The smallest absolute Gasteiger partial charge is 0.350 e. The van der Waals surface area contributed by atoms with Crippen molar-refractivity contribution in [3.8, 4) is 0 Å². The number of piperazine rings is 1. The Morgan fingerprint density at radius 2 is 1.82 bits per heavy atom. The molecule has 1 amide bonds. The second kappa shape index (κ2) is 7.85. The lowest BCUT2D eigenvalue weighted by atomic mass is 10.2. The molecule has 0 bridgehead atoms. The number of fused-ring (bicyclic) bond motifs is 1. The van der Waals surface area contributed by atoms with Crippen molar-refractivity contribution in [2.24, 2.45) is 0 Å². The lowest BCUT2D eigenvalue weighted by Crippen LogP contribution is -2.46. The number of nitrogens with zero attached hydrogens (tertiary/aromatic N) is 5. The first kappa shape index (κ1) is 18.2. The number of carbonyl (C=O) groups excluding carboxylic acids is 1. The summed E-state index contributed by atoms with van der Waals surface area (Å²) in [6.45, 7) is 6.97. The highest BCUT2D eigenvalue weighted by molar-refractivity contribution is 5.94. The molecule has 3 heterocycles. The molecule has 146 valence electrons. The van der Waals surface area contributed by atoms with Crippen molar-refractivity contribution in [3.63, 3.8) is 0 Å². The maximum atomic E-state index is 12.6. The number of amides is 1. The van der Waals surface area contributed by atoms with Crippen LogP contribution in [0.2, 0.25) is 0 Å². The van der Waals surface area contributed by atoms with Crippen LogP contribution in [0, 0.1) is 0 Å². The van der Waals surface area contributed by atoms with E-state index in [0.717, 1.165) is 44.1 Å². The van der Waals surface area contributed by atoms with Crippen LogP contribution in [0.3, 0.4) is 0 Å². The number of anilines is 2. The van der Waals surface area contributed by atoms with Crippen LogP contribution < -0.4 is 15.9 Å². The summed E-state index contributed by atoms with van der Waals surface area (Å²) < 4.78 is 2.61. The van der Waals surface area contributed by atoms with E-state index in [2.05, 4.69) is 27.1 Å². The number of pyridine rings is 1. The summed E-state index contributed by atoms with van der Waals surface area (Å²) in [5.41, 5.74) is 1.97. The number of aromatic nitrogens is 3. The van der Waals surface area contributed by atoms with Crippen LogP contribution in [0.4, 0.5) is 11.4 Å². The van der Waals surface area contributed by atoms with Gasteiger partial charge in [0.1, 0.15) is 6.54 Å². The minimum absolute atomic E-state index is 0.127. The van der Waals surface area contributed by atoms with E-state index in [4.69, 9.17) is 0 Å². The summed E-state index contributed by atoms with van der Waals surface area (Å²) in [5.74, 6) is -0.273. The van der Waals surface area contributed by atoms with Gasteiger partial charge in [0, 0.05) is 32.4 Å². The highest BCUT2D eigenvalue weighted by atomic mass is 16.2. The van der Waals surface area contributed by atoms with Crippen molar-refractivity contribution in [1.82, 2.24) is 19.1 Å². The van der Waals surface area contributed by atoms with Gasteiger partial charge in [0.05, 0.1) is 11.4 Å². The maximum absolute atomic E-state index is 12.6. The van der Waals surface area contributed by atoms with Crippen LogP contribution in [0.5, 0.6) is 0 Å². The van der Waals surface area contributed by atoms with Gasteiger partial charge in [-0.2, -0.15) is 0 Å². The van der Waals surface area contributed by atoms with Gasteiger partial charge in [-0.15, -0.1) is 5.10 Å². The first-order valence-corrected chi connectivity index (χ1v) is 9.56. The van der Waals surface area contributed by atoms with Gasteiger partial charge < -0.3 is 15.1 Å². The third-order valence-electron chi connectivity index (χ3n) is 5.12. The average Bonchev–Trinajstić information content (AvgIpc) is 3.04. The quantitative estimate of drug-likeness (QED) is 0.722. The third kappa shape index (κ3) is 3.63. The fourth-order valence-electron chi connectivity index (χ4n) is 3.56. The van der Waals surface area contributed by atoms with Crippen LogP contribution in [0.25, 0.3) is 5.65 Å². The lowest BCUT2D eigenvalue weighted by molar-refractivity contribution is -0.117. The molecule has 2 aromatic heterocycles. The minimum Gasteiger partial charge on any atom is -0.367 e. The Hall–Kier alpha value is -3.13. The molecule has 0 saturated carbocycles. The zero-order chi connectivity index (χ0) is 19.5. The van der Waals surface area contributed by atoms with Gasteiger partial charge in [0.25, 0.3) is 0 Å². The molecule has 0 spiro atoms. The average molecular weight is 380 g/mol. The molecule has 1 aliphatic heterocycles. The fraction of sp³-hybridized carbons (Fsp3) is 0.350. The number of para-hydroxylation sites is 2. The van der Waals surface area contributed by atoms with Gasteiger partial charge in [0.15, 0.2) is 5.65 Å². The first-order valence-electron chi connectivity index (χ1n) is 9.56. The van der Waals surface area contributed by atoms with E-state index in [1.165, 1.54) is 9.08 Å². The van der Waals surface area contributed by atoms with Gasteiger partial charge in [0.2, 0.25) is 5.91 Å². The molecule has 1 fully saturated rings. The van der Waals surface area contributed by atoms with Gasteiger partial charge >= 0.3 is 5.69 Å². The van der Waals surface area contributed by atoms with Gasteiger partial charge in [-0.05, 0) is 30.8 Å². The number of benzene rings is 1. The molecule has 8 nitrogen and oxygen atoms in total. The Labute approximate surface area is 163 Å². The van der Waals surface area contributed by atoms with E-state index in [1.54, 1.807) is 24.4 Å². The predicted octanol–water partition coefficient (Wildman–Crippen LogP) is 1.28. The van der Waals surface area contributed by atoms with Crippen molar-refractivity contribution < 1.29 is 4.79 Å². The summed E-state index contributed by atoms with van der Waals surface area (Å²) in [5, 5.41) is 7.16. The Balaban J connectivity index is 1.49. The number of hydrogen-bond acceptors (Lipinski definition) is 5. The van der Waals surface area contributed by atoms with E-state index >= 15 is 0 Å². The molecule has 0 aliphatic carbocycles. The summed E-state index contributed by atoms with van der Waals surface area (Å²) in [6.07, 6.45) is 1.64. The van der Waals surface area contributed by atoms with Crippen LogP contribution in [0.15, 0.2) is 53.5 Å². The summed E-state index contributed by atoms with van der Waals surface area (Å²) in [6, 6.07) is 13.1. The normalized spacial score (nSPS) is 15.1. The second-order valence-corrected chi connectivity index (χ2v) is 6.86. The van der Waals surface area contributed by atoms with Crippen molar-refractivity contribution in [3.05, 3.63) is 59.1 Å². The molecule has 8 heteroatoms. The molecular weight excluding hydrogens is 356 g/mol. The van der Waals surface area contributed by atoms with Gasteiger partial charge in [-0.1, -0.05) is 25.1 Å². The summed E-state index contributed by atoms with van der Waals surface area (Å²) in [7, 11) is 0. The van der Waals surface area contributed by atoms with Gasteiger partial charge in [-0.25, -0.2) is 9.48 Å². The molecular formula is C20H24N6O2. The first-order chi connectivity index (χ1) is 13.7. The number of nitrogens with one attached hydrogen (secondary N) is 1. The van der Waals surface area contributed by atoms with E-state index in [-0.39, 0.29) is 18.1 Å². The van der Waals surface area contributed by atoms with Crippen LogP contribution in [-0.4, -0.2) is 57.7 Å². The van der Waals surface area contributed by atoms with Crippen LogP contribution >= 0.6 is 0 Å². The standard InChI is InChI=1S/C20H24N6O2/c1-2-23-11-13-24(14-12-23)17-8-4-3-7-16(17)21-19(27)15-26-20(28)25-10-6-5-9-18(25)22-26/h3-10H,2,11-15H2,1H3,(H,21,27). The van der Waals surface area contributed by atoms with Crippen molar-refractivity contribution in [1.29, 1.82) is 0 Å². The minimum atomic E-state index is -0.324. The molecule has 1 aliphatic rings. The molecule has 1 saturated heterocycles. The Bertz CT molecular complexity index is 1030. The SMILES string of the molecule is CCN1CCN(c2ccccc2NC(=O)Cn2nc3ccccn3c2=O)CC1. The number of carbonyl (C=O) groups is 1. The molecule has 4 rings (SSSR count). The second-order valence-electron chi connectivity index (χ2n) is 6.86. The van der Waals surface area contributed by atoms with Crippen molar-refractivity contribution in [2.45, 2.75) is 13.5 Å². The third-order valence-corrected chi connectivity index (χ3v) is 5.12. The molecule has 0 radical (unpaired) electrons. The number of hydrogen-bond donors (Lipinski definition) is 1. The van der Waals surface area contributed by atoms with Crippen molar-refractivity contribution >= 4 is 22.9 Å². The number of rotatable bonds is 5. The van der Waals surface area contributed by atoms with E-state index in [1.807, 2.05) is 24.3 Å². The molecule has 3 aromatic rings. The summed E-state index contributed by atoms with van der Waals surface area (Å²) >= 11 is 0. The summed E-state index contributed by atoms with van der Waals surface area (Å²) in [4.78, 5) is 29.7. The van der Waals surface area contributed by atoms with E-state index < -0.39 is 0 Å². The van der Waals surface area contributed by atoms with E-state index in [0.29, 0.717) is 5.65 Å². The van der Waals surface area contributed by atoms with Gasteiger partial charge in [-0.3, -0.25) is 9.20 Å². The van der Waals surface area contributed by atoms with Crippen molar-refractivity contribution in [2.75, 3.05) is 42.9 Å². The Morgan fingerprint density at radius 3 is 2.57 bits per heavy atom. The topological polar surface area (TPSA) is 74.9 Å². The highest BCUT2D eigenvalue weighted by Gasteiger charge is 2.19. The number of likely N-dealkylation sites (N-methyl/N-ethyl adjacent to an activating group) is 1. The predicted molar refractivity (Wildman–Crippen MR) is 109 cm³/mol. The van der Waals surface area contributed by atoms with Crippen LogP contribution in [-0.2, 0) is 11.3 Å². The van der Waals surface area contributed by atoms with Crippen LogP contribution in [0.1, 0.15) is 6.92 Å². The molecule has 0 atom stereocenters. The Kier molecular flexibility index (Phi) is 5.12. The Morgan fingerprint density at radius 1 is 1.07 bits per heavy atom. The maximum Gasteiger partial charge on any atom is 0.350 e. The highest BCUT2D eigenvalue weighted by Crippen LogP contribution is 2.26. The zero-order valence-corrected chi connectivity index (χ0v) is 15.9. The molecule has 0 unspecified atom stereocenters. The monoisotopic (exact) mass is 380 g/mol. The molecule has 1 N–H and O–H groups in total.